The Morgan fingerprint density at radius 2 is 2.29 bits per heavy atom. The predicted molar refractivity (Wildman–Crippen MR) is 80.9 cm³/mol. The minimum absolute atomic E-state index is 0.268. The Labute approximate surface area is 121 Å². The Hall–Kier alpha value is 0.590. The van der Waals surface area contributed by atoms with Gasteiger partial charge in [-0.2, -0.15) is 11.8 Å². The van der Waals surface area contributed by atoms with Crippen molar-refractivity contribution in [2.24, 2.45) is 0 Å². The SMILES string of the molecule is CC(NCC1(C)CCCS1)c1cc(Cl)sc1Cl. The van der Waals surface area contributed by atoms with Crippen LogP contribution in [0.5, 0.6) is 0 Å². The van der Waals surface area contributed by atoms with E-state index < -0.39 is 0 Å². The van der Waals surface area contributed by atoms with E-state index in [-0.39, 0.29) is 6.04 Å². The molecule has 96 valence electrons. The lowest BCUT2D eigenvalue weighted by Gasteiger charge is -2.25. The first kappa shape index (κ1) is 14.0. The molecule has 2 heterocycles. The van der Waals surface area contributed by atoms with Crippen LogP contribution in [-0.4, -0.2) is 17.0 Å². The monoisotopic (exact) mass is 309 g/mol. The van der Waals surface area contributed by atoms with Crippen LogP contribution in [0.15, 0.2) is 6.07 Å². The normalized spacial score (nSPS) is 26.4. The van der Waals surface area contributed by atoms with E-state index in [4.69, 9.17) is 23.2 Å². The van der Waals surface area contributed by atoms with E-state index >= 15 is 0 Å². The largest absolute Gasteiger partial charge is 0.309 e. The Balaban J connectivity index is 1.93. The van der Waals surface area contributed by atoms with E-state index in [0.717, 1.165) is 20.8 Å². The smallest absolute Gasteiger partial charge is 0.0991 e. The third-order valence-corrected chi connectivity index (χ3v) is 6.29. The van der Waals surface area contributed by atoms with Gasteiger partial charge >= 0.3 is 0 Å². The quantitative estimate of drug-likeness (QED) is 0.840. The van der Waals surface area contributed by atoms with Gasteiger partial charge in [0, 0.05) is 17.3 Å². The van der Waals surface area contributed by atoms with Gasteiger partial charge in [-0.05, 0) is 44.1 Å². The summed E-state index contributed by atoms with van der Waals surface area (Å²) in [5, 5.41) is 3.58. The summed E-state index contributed by atoms with van der Waals surface area (Å²) < 4.78 is 1.96. The first-order valence-electron chi connectivity index (χ1n) is 5.82. The lowest BCUT2D eigenvalue weighted by Crippen LogP contribution is -2.34. The number of nitrogens with one attached hydrogen (secondary N) is 1. The number of thioether (sulfide) groups is 1. The molecule has 17 heavy (non-hydrogen) atoms. The minimum atomic E-state index is 0.268. The topological polar surface area (TPSA) is 12.0 Å². The maximum atomic E-state index is 6.16. The van der Waals surface area contributed by atoms with Gasteiger partial charge in [-0.25, -0.2) is 0 Å². The first-order chi connectivity index (χ1) is 8.00. The third kappa shape index (κ3) is 3.54. The zero-order valence-electron chi connectivity index (χ0n) is 10.1. The van der Waals surface area contributed by atoms with Crippen LogP contribution < -0.4 is 5.32 Å². The average molecular weight is 310 g/mol. The van der Waals surface area contributed by atoms with Crippen LogP contribution in [0, 0.1) is 0 Å². The summed E-state index contributed by atoms with van der Waals surface area (Å²) in [6.07, 6.45) is 2.64. The molecule has 1 aromatic heterocycles. The van der Waals surface area contributed by atoms with Gasteiger partial charge in [0.05, 0.1) is 8.67 Å². The first-order valence-corrected chi connectivity index (χ1v) is 8.38. The molecule has 1 saturated heterocycles. The number of hydrogen-bond acceptors (Lipinski definition) is 3. The number of thiophene rings is 1. The number of rotatable bonds is 4. The third-order valence-electron chi connectivity index (χ3n) is 3.23. The summed E-state index contributed by atoms with van der Waals surface area (Å²) in [5.74, 6) is 1.29. The molecule has 0 spiro atoms. The summed E-state index contributed by atoms with van der Waals surface area (Å²) in [6, 6.07) is 2.24. The average Bonchev–Trinajstić information content (AvgIpc) is 2.83. The van der Waals surface area contributed by atoms with Gasteiger partial charge in [0.2, 0.25) is 0 Å². The lowest BCUT2D eigenvalue weighted by molar-refractivity contribution is 0.491. The molecular formula is C12H17Cl2NS2. The molecule has 1 aliphatic rings. The molecule has 2 rings (SSSR count). The van der Waals surface area contributed by atoms with Crippen molar-refractivity contribution in [3.05, 3.63) is 20.3 Å². The van der Waals surface area contributed by atoms with Crippen LogP contribution in [0.2, 0.25) is 8.67 Å². The van der Waals surface area contributed by atoms with Crippen molar-refractivity contribution in [3.8, 4) is 0 Å². The van der Waals surface area contributed by atoms with E-state index in [9.17, 15) is 0 Å². The van der Waals surface area contributed by atoms with E-state index in [0.29, 0.717) is 4.75 Å². The molecule has 2 atom stereocenters. The van der Waals surface area contributed by atoms with E-state index in [1.807, 2.05) is 6.07 Å². The Bertz CT molecular complexity index is 386. The van der Waals surface area contributed by atoms with Crippen LogP contribution in [-0.2, 0) is 0 Å². The molecule has 0 radical (unpaired) electrons. The Morgan fingerprint density at radius 1 is 1.53 bits per heavy atom. The van der Waals surface area contributed by atoms with Gasteiger partial charge in [-0.15, -0.1) is 11.3 Å². The minimum Gasteiger partial charge on any atom is -0.309 e. The second-order valence-electron chi connectivity index (χ2n) is 4.78. The predicted octanol–water partition coefficient (Wildman–Crippen LogP) is 4.99. The fourth-order valence-corrected chi connectivity index (χ4v) is 5.00. The summed E-state index contributed by atoms with van der Waals surface area (Å²) in [7, 11) is 0. The van der Waals surface area contributed by atoms with Gasteiger partial charge in [-0.3, -0.25) is 0 Å². The highest BCUT2D eigenvalue weighted by molar-refractivity contribution is 8.00. The van der Waals surface area contributed by atoms with Crippen LogP contribution >= 0.6 is 46.3 Å². The van der Waals surface area contributed by atoms with E-state index in [1.54, 1.807) is 0 Å². The molecule has 1 fully saturated rings. The molecule has 0 aliphatic carbocycles. The fourth-order valence-electron chi connectivity index (χ4n) is 2.10. The molecule has 5 heteroatoms. The van der Waals surface area contributed by atoms with Crippen molar-refractivity contribution in [1.29, 1.82) is 0 Å². The van der Waals surface area contributed by atoms with Gasteiger partial charge in [0.25, 0.3) is 0 Å². The van der Waals surface area contributed by atoms with E-state index in [2.05, 4.69) is 30.9 Å². The highest BCUT2D eigenvalue weighted by Gasteiger charge is 2.29. The second kappa shape index (κ2) is 5.70. The van der Waals surface area contributed by atoms with Crippen molar-refractivity contribution in [2.75, 3.05) is 12.3 Å². The lowest BCUT2D eigenvalue weighted by atomic mass is 10.0. The Morgan fingerprint density at radius 3 is 2.82 bits per heavy atom. The molecule has 1 aromatic rings. The molecule has 1 aliphatic heterocycles. The van der Waals surface area contributed by atoms with Crippen LogP contribution in [0.25, 0.3) is 0 Å². The molecule has 1 nitrogen and oxygen atoms in total. The molecular weight excluding hydrogens is 293 g/mol. The standard InChI is InChI=1S/C12H17Cl2NS2/c1-8(9-6-10(13)17-11(9)14)15-7-12(2)4-3-5-16-12/h6,8,15H,3-5,7H2,1-2H3. The van der Waals surface area contributed by atoms with Gasteiger partial charge in [-0.1, -0.05) is 23.2 Å². The second-order valence-corrected chi connectivity index (χ2v) is 8.75. The summed E-state index contributed by atoms with van der Waals surface area (Å²) in [5.41, 5.74) is 1.12. The summed E-state index contributed by atoms with van der Waals surface area (Å²) in [6.45, 7) is 5.52. The zero-order valence-corrected chi connectivity index (χ0v) is 13.2. The van der Waals surface area contributed by atoms with Crippen LogP contribution in [0.4, 0.5) is 0 Å². The van der Waals surface area contributed by atoms with Crippen molar-refractivity contribution < 1.29 is 0 Å². The molecule has 2 unspecified atom stereocenters. The van der Waals surface area contributed by atoms with Crippen molar-refractivity contribution in [3.63, 3.8) is 0 Å². The van der Waals surface area contributed by atoms with Gasteiger partial charge in [0.15, 0.2) is 0 Å². The van der Waals surface area contributed by atoms with E-state index in [1.165, 1.54) is 29.9 Å². The number of hydrogen-bond donors (Lipinski definition) is 1. The highest BCUT2D eigenvalue weighted by Crippen LogP contribution is 2.38. The fraction of sp³-hybridized carbons (Fsp3) is 0.667. The Kier molecular flexibility index (Phi) is 4.70. The molecule has 0 amide bonds. The van der Waals surface area contributed by atoms with Gasteiger partial charge < -0.3 is 5.32 Å². The number of halogens is 2. The maximum absolute atomic E-state index is 6.16. The molecule has 0 saturated carbocycles. The summed E-state index contributed by atoms with van der Waals surface area (Å²) in [4.78, 5) is 0. The molecule has 1 N–H and O–H groups in total. The molecule has 0 aromatic carbocycles. The van der Waals surface area contributed by atoms with Crippen LogP contribution in [0.1, 0.15) is 38.3 Å². The van der Waals surface area contributed by atoms with Crippen molar-refractivity contribution >= 4 is 46.3 Å². The maximum Gasteiger partial charge on any atom is 0.0991 e. The van der Waals surface area contributed by atoms with Crippen molar-refractivity contribution in [1.82, 2.24) is 5.32 Å². The summed E-state index contributed by atoms with van der Waals surface area (Å²) >= 11 is 15.6. The van der Waals surface area contributed by atoms with Gasteiger partial charge in [0.1, 0.15) is 0 Å². The van der Waals surface area contributed by atoms with Crippen molar-refractivity contribution in [2.45, 2.75) is 37.5 Å². The highest BCUT2D eigenvalue weighted by atomic mass is 35.5. The molecule has 0 bridgehead atoms. The van der Waals surface area contributed by atoms with Crippen LogP contribution in [0.3, 0.4) is 0 Å². The zero-order chi connectivity index (χ0) is 12.5.